The third-order valence-corrected chi connectivity index (χ3v) is 3.89. The quantitative estimate of drug-likeness (QED) is 0.734. The van der Waals surface area contributed by atoms with Crippen LogP contribution in [0.3, 0.4) is 0 Å². The highest BCUT2D eigenvalue weighted by Gasteiger charge is 2.08. The minimum Gasteiger partial charge on any atom is -0.506 e. The molecule has 90 valence electrons. The van der Waals surface area contributed by atoms with Crippen LogP contribution in [-0.2, 0) is 0 Å². The number of fused-ring (bicyclic) bond motifs is 1. The molecule has 0 unspecified atom stereocenters. The van der Waals surface area contributed by atoms with Crippen molar-refractivity contribution in [3.05, 3.63) is 42.5 Å². The van der Waals surface area contributed by atoms with Gasteiger partial charge in [0.05, 0.1) is 4.70 Å². The van der Waals surface area contributed by atoms with E-state index in [1.54, 1.807) is 17.4 Å². The molecule has 3 rings (SSSR count). The predicted octanol–water partition coefficient (Wildman–Crippen LogP) is 3.71. The molecule has 1 aromatic heterocycles. The van der Waals surface area contributed by atoms with Crippen LogP contribution in [0.25, 0.3) is 20.8 Å². The van der Waals surface area contributed by atoms with Crippen molar-refractivity contribution in [2.75, 3.05) is 12.4 Å². The third kappa shape index (κ3) is 1.80. The summed E-state index contributed by atoms with van der Waals surface area (Å²) in [5, 5.41) is 13.8. The van der Waals surface area contributed by atoms with Gasteiger partial charge in [-0.2, -0.15) is 0 Å². The Morgan fingerprint density at radius 3 is 2.56 bits per heavy atom. The first kappa shape index (κ1) is 11.0. The molecule has 2 aromatic carbocycles. The second kappa shape index (κ2) is 4.31. The van der Waals surface area contributed by atoms with Crippen molar-refractivity contribution < 1.29 is 5.11 Å². The molecule has 0 aliphatic heterocycles. The highest BCUT2D eigenvalue weighted by atomic mass is 32.1. The molecule has 0 radical (unpaired) electrons. The Kier molecular flexibility index (Phi) is 2.64. The lowest BCUT2D eigenvalue weighted by molar-refractivity contribution is 0.480. The highest BCUT2D eigenvalue weighted by molar-refractivity contribution is 7.21. The molecule has 2 N–H and O–H groups in total. The van der Waals surface area contributed by atoms with Gasteiger partial charge in [-0.05, 0) is 36.4 Å². The summed E-state index contributed by atoms with van der Waals surface area (Å²) in [5.41, 5.74) is 2.81. The van der Waals surface area contributed by atoms with Crippen LogP contribution in [0, 0.1) is 0 Å². The van der Waals surface area contributed by atoms with E-state index >= 15 is 0 Å². The van der Waals surface area contributed by atoms with Gasteiger partial charge >= 0.3 is 0 Å². The van der Waals surface area contributed by atoms with Crippen molar-refractivity contribution in [3.63, 3.8) is 0 Å². The maximum Gasteiger partial charge on any atom is 0.142 e. The third-order valence-electron chi connectivity index (χ3n) is 2.82. The molecule has 0 saturated carbocycles. The Labute approximate surface area is 109 Å². The van der Waals surface area contributed by atoms with Crippen molar-refractivity contribution >= 4 is 27.2 Å². The van der Waals surface area contributed by atoms with Crippen LogP contribution >= 0.6 is 11.3 Å². The van der Waals surface area contributed by atoms with Gasteiger partial charge in [0.1, 0.15) is 16.3 Å². The number of nitrogens with zero attached hydrogens (tertiary/aromatic N) is 1. The van der Waals surface area contributed by atoms with Crippen molar-refractivity contribution in [3.8, 4) is 16.3 Å². The number of benzene rings is 2. The van der Waals surface area contributed by atoms with Crippen LogP contribution in [0.2, 0.25) is 0 Å². The van der Waals surface area contributed by atoms with E-state index < -0.39 is 0 Å². The van der Waals surface area contributed by atoms with E-state index in [1.807, 2.05) is 43.4 Å². The van der Waals surface area contributed by atoms with Gasteiger partial charge in [-0.1, -0.05) is 6.07 Å². The van der Waals surface area contributed by atoms with Gasteiger partial charge in [0.25, 0.3) is 0 Å². The molecule has 0 bridgehead atoms. The Balaban J connectivity index is 2.10. The van der Waals surface area contributed by atoms with E-state index in [0.717, 1.165) is 21.0 Å². The molecular weight excluding hydrogens is 244 g/mol. The summed E-state index contributed by atoms with van der Waals surface area (Å²) >= 11 is 1.59. The number of phenolic OH excluding ortho intramolecular Hbond substituents is 1. The maximum atomic E-state index is 9.75. The lowest BCUT2D eigenvalue weighted by Crippen LogP contribution is -1.86. The van der Waals surface area contributed by atoms with E-state index in [1.165, 1.54) is 0 Å². The summed E-state index contributed by atoms with van der Waals surface area (Å²) in [4.78, 5) is 4.49. The molecule has 0 aliphatic carbocycles. The Morgan fingerprint density at radius 2 is 1.89 bits per heavy atom. The van der Waals surface area contributed by atoms with Gasteiger partial charge in [0.15, 0.2) is 0 Å². The van der Waals surface area contributed by atoms with E-state index in [0.29, 0.717) is 5.52 Å². The first-order valence-electron chi connectivity index (χ1n) is 5.64. The fourth-order valence-corrected chi connectivity index (χ4v) is 2.83. The Bertz CT molecular complexity index is 689. The molecule has 4 heteroatoms. The molecule has 18 heavy (non-hydrogen) atoms. The first-order valence-corrected chi connectivity index (χ1v) is 6.46. The molecule has 0 aliphatic rings. The van der Waals surface area contributed by atoms with Crippen LogP contribution < -0.4 is 5.32 Å². The number of aromatic nitrogens is 1. The summed E-state index contributed by atoms with van der Waals surface area (Å²) in [7, 11) is 1.89. The van der Waals surface area contributed by atoms with Crippen LogP contribution in [0.4, 0.5) is 5.69 Å². The van der Waals surface area contributed by atoms with Gasteiger partial charge < -0.3 is 10.4 Å². The molecular formula is C14H12N2OS. The summed E-state index contributed by atoms with van der Waals surface area (Å²) in [6.07, 6.45) is 0. The van der Waals surface area contributed by atoms with Crippen LogP contribution in [0.15, 0.2) is 42.5 Å². The van der Waals surface area contributed by atoms with Crippen molar-refractivity contribution in [2.45, 2.75) is 0 Å². The number of hydrogen-bond acceptors (Lipinski definition) is 4. The highest BCUT2D eigenvalue weighted by Crippen LogP contribution is 2.34. The van der Waals surface area contributed by atoms with E-state index in [4.69, 9.17) is 0 Å². The maximum absolute atomic E-state index is 9.75. The second-order valence-electron chi connectivity index (χ2n) is 3.97. The zero-order chi connectivity index (χ0) is 12.5. The van der Waals surface area contributed by atoms with Crippen molar-refractivity contribution in [1.82, 2.24) is 4.98 Å². The average Bonchev–Trinajstić information content (AvgIpc) is 2.84. The van der Waals surface area contributed by atoms with E-state index in [-0.39, 0.29) is 5.75 Å². The van der Waals surface area contributed by atoms with E-state index in [2.05, 4.69) is 10.3 Å². The number of phenols is 1. The van der Waals surface area contributed by atoms with Gasteiger partial charge in [-0.15, -0.1) is 11.3 Å². The predicted molar refractivity (Wildman–Crippen MR) is 76.3 cm³/mol. The number of para-hydroxylation sites is 1. The molecule has 0 atom stereocenters. The summed E-state index contributed by atoms with van der Waals surface area (Å²) in [5.74, 6) is 0.238. The summed E-state index contributed by atoms with van der Waals surface area (Å²) in [6.45, 7) is 0. The zero-order valence-corrected chi connectivity index (χ0v) is 10.7. The fraction of sp³-hybridized carbons (Fsp3) is 0.0714. The van der Waals surface area contributed by atoms with Gasteiger partial charge in [0.2, 0.25) is 0 Å². The number of aromatic hydroxyl groups is 1. The fourth-order valence-electron chi connectivity index (χ4n) is 1.84. The molecule has 1 heterocycles. The van der Waals surface area contributed by atoms with Gasteiger partial charge in [0, 0.05) is 18.3 Å². The molecule has 3 nitrogen and oxygen atoms in total. The lowest BCUT2D eigenvalue weighted by Gasteiger charge is -2.00. The summed E-state index contributed by atoms with van der Waals surface area (Å²) in [6, 6.07) is 13.6. The number of nitrogens with one attached hydrogen (secondary N) is 1. The molecule has 0 amide bonds. The Hall–Kier alpha value is -2.07. The number of hydrogen-bond donors (Lipinski definition) is 2. The van der Waals surface area contributed by atoms with E-state index in [9.17, 15) is 5.11 Å². The summed E-state index contributed by atoms with van der Waals surface area (Å²) < 4.78 is 1.00. The number of anilines is 1. The minimum absolute atomic E-state index is 0.238. The van der Waals surface area contributed by atoms with Crippen LogP contribution in [0.1, 0.15) is 0 Å². The standard InChI is InChI=1S/C14H12N2OS/c1-15-10-7-5-9(6-8-10)14-16-13-11(17)3-2-4-12(13)18-14/h2-8,15,17H,1H3. The first-order chi connectivity index (χ1) is 8.78. The monoisotopic (exact) mass is 256 g/mol. The molecule has 0 fully saturated rings. The largest absolute Gasteiger partial charge is 0.506 e. The van der Waals surface area contributed by atoms with Gasteiger partial charge in [-0.3, -0.25) is 0 Å². The lowest BCUT2D eigenvalue weighted by atomic mass is 10.2. The second-order valence-corrected chi connectivity index (χ2v) is 5.00. The number of thiazole rings is 1. The van der Waals surface area contributed by atoms with Crippen molar-refractivity contribution in [2.24, 2.45) is 0 Å². The molecule has 0 saturated heterocycles. The Morgan fingerprint density at radius 1 is 1.11 bits per heavy atom. The topological polar surface area (TPSA) is 45.2 Å². The van der Waals surface area contributed by atoms with Crippen molar-refractivity contribution in [1.29, 1.82) is 0 Å². The SMILES string of the molecule is CNc1ccc(-c2nc3c(O)cccc3s2)cc1. The zero-order valence-electron chi connectivity index (χ0n) is 9.84. The normalized spacial score (nSPS) is 10.7. The molecule has 3 aromatic rings. The smallest absolute Gasteiger partial charge is 0.142 e. The number of rotatable bonds is 2. The van der Waals surface area contributed by atoms with Gasteiger partial charge in [-0.25, -0.2) is 4.98 Å². The molecule has 0 spiro atoms. The van der Waals surface area contributed by atoms with Crippen LogP contribution in [0.5, 0.6) is 5.75 Å². The average molecular weight is 256 g/mol. The minimum atomic E-state index is 0.238. The van der Waals surface area contributed by atoms with Crippen LogP contribution in [-0.4, -0.2) is 17.1 Å².